The smallest absolute Gasteiger partial charge is 0.0792 e. The minimum absolute atomic E-state index is 0. The molecule has 3 nitrogen and oxygen atoms in total. The predicted molar refractivity (Wildman–Crippen MR) is 47.4 cm³/mol. The molecule has 0 aliphatic rings. The number of hydrogen-bond acceptors (Lipinski definition) is 1. The van der Waals surface area contributed by atoms with E-state index in [1.165, 1.54) is 6.54 Å². The van der Waals surface area contributed by atoms with Crippen LogP contribution in [0.4, 0.5) is 0 Å². The van der Waals surface area contributed by atoms with Crippen LogP contribution < -0.4 is 5.73 Å². The molecule has 4 N–H and O–H groups in total. The SMILES string of the molecule is C[N+](C)(C)CCCN.Cl.O. The van der Waals surface area contributed by atoms with E-state index < -0.39 is 0 Å². The number of nitrogens with zero attached hydrogens (tertiary/aromatic N) is 1. The first-order valence-electron chi connectivity index (χ1n) is 3.07. The average molecular weight is 172 g/mol. The van der Waals surface area contributed by atoms with Gasteiger partial charge < -0.3 is 15.7 Å². The molecule has 0 aromatic carbocycles. The number of rotatable bonds is 3. The van der Waals surface area contributed by atoms with Crippen molar-refractivity contribution in [2.24, 2.45) is 5.73 Å². The molecule has 0 fully saturated rings. The molecule has 0 aromatic heterocycles. The molecule has 4 heteroatoms. The predicted octanol–water partition coefficient (Wildman–Crippen LogP) is -0.362. The molecule has 10 heavy (non-hydrogen) atoms. The molecule has 0 aromatic rings. The summed E-state index contributed by atoms with van der Waals surface area (Å²) in [6.45, 7) is 1.99. The number of nitrogens with two attached hydrogens (primary N) is 1. The van der Waals surface area contributed by atoms with Gasteiger partial charge >= 0.3 is 0 Å². The first-order chi connectivity index (χ1) is 3.56. The van der Waals surface area contributed by atoms with Crippen LogP contribution in [0.3, 0.4) is 0 Å². The minimum Gasteiger partial charge on any atom is -0.412 e. The highest BCUT2D eigenvalue weighted by Crippen LogP contribution is 1.90. The molecule has 0 spiro atoms. The lowest BCUT2D eigenvalue weighted by Crippen LogP contribution is -2.36. The summed E-state index contributed by atoms with van der Waals surface area (Å²) in [5, 5.41) is 0. The van der Waals surface area contributed by atoms with Gasteiger partial charge in [-0.1, -0.05) is 0 Å². The van der Waals surface area contributed by atoms with Crippen molar-refractivity contribution < 1.29 is 9.96 Å². The molecule has 0 amide bonds. The van der Waals surface area contributed by atoms with E-state index in [-0.39, 0.29) is 17.9 Å². The second-order valence-electron chi connectivity index (χ2n) is 3.16. The number of quaternary nitrogens is 1. The Morgan fingerprint density at radius 3 is 1.70 bits per heavy atom. The van der Waals surface area contributed by atoms with Crippen LogP contribution >= 0.6 is 12.4 Å². The van der Waals surface area contributed by atoms with E-state index in [1.807, 2.05) is 0 Å². The maximum atomic E-state index is 5.33. The zero-order valence-corrected chi connectivity index (χ0v) is 7.87. The van der Waals surface area contributed by atoms with Crippen molar-refractivity contribution in [2.75, 3.05) is 34.2 Å². The molecular formula is C6H20ClN2O+. The van der Waals surface area contributed by atoms with E-state index >= 15 is 0 Å². The van der Waals surface area contributed by atoms with Crippen molar-refractivity contribution in [1.29, 1.82) is 0 Å². The standard InChI is InChI=1S/C6H17N2.ClH.H2O/c1-8(2,3)6-4-5-7;;/h4-7H2,1-3H3;1H;1H2/q+1;;. The molecule has 0 heterocycles. The third-order valence-electron chi connectivity index (χ3n) is 1.03. The van der Waals surface area contributed by atoms with E-state index in [9.17, 15) is 0 Å². The van der Waals surface area contributed by atoms with E-state index in [4.69, 9.17) is 5.73 Å². The fourth-order valence-corrected chi connectivity index (χ4v) is 0.566. The molecule has 0 saturated heterocycles. The molecule has 0 rings (SSSR count). The molecule has 0 bridgehead atoms. The fraction of sp³-hybridized carbons (Fsp3) is 1.00. The van der Waals surface area contributed by atoms with Crippen LogP contribution in [-0.2, 0) is 0 Å². The van der Waals surface area contributed by atoms with Gasteiger partial charge in [0.15, 0.2) is 0 Å². The monoisotopic (exact) mass is 171 g/mol. The Morgan fingerprint density at radius 2 is 1.60 bits per heavy atom. The van der Waals surface area contributed by atoms with Crippen molar-refractivity contribution in [1.82, 2.24) is 0 Å². The van der Waals surface area contributed by atoms with Crippen LogP contribution in [0, 0.1) is 0 Å². The highest BCUT2D eigenvalue weighted by atomic mass is 35.5. The zero-order valence-electron chi connectivity index (χ0n) is 7.05. The van der Waals surface area contributed by atoms with Gasteiger partial charge in [0.1, 0.15) is 0 Å². The third-order valence-corrected chi connectivity index (χ3v) is 1.03. The van der Waals surface area contributed by atoms with Crippen molar-refractivity contribution >= 4 is 12.4 Å². The van der Waals surface area contributed by atoms with E-state index in [0.717, 1.165) is 17.4 Å². The number of hydrogen-bond donors (Lipinski definition) is 1. The Labute approximate surface area is 69.5 Å². The van der Waals surface area contributed by atoms with E-state index in [0.29, 0.717) is 0 Å². The first-order valence-corrected chi connectivity index (χ1v) is 3.07. The summed E-state index contributed by atoms with van der Waals surface area (Å²) in [6, 6.07) is 0. The van der Waals surface area contributed by atoms with Crippen LogP contribution in [0.25, 0.3) is 0 Å². The van der Waals surface area contributed by atoms with Gasteiger partial charge in [-0.3, -0.25) is 0 Å². The van der Waals surface area contributed by atoms with E-state index in [1.54, 1.807) is 0 Å². The molecule has 0 radical (unpaired) electrons. The summed E-state index contributed by atoms with van der Waals surface area (Å²) in [7, 11) is 6.53. The molecular weight excluding hydrogens is 152 g/mol. The van der Waals surface area contributed by atoms with Gasteiger partial charge in [-0.2, -0.15) is 0 Å². The summed E-state index contributed by atoms with van der Waals surface area (Å²) in [5.41, 5.74) is 5.33. The van der Waals surface area contributed by atoms with Crippen LogP contribution in [0.2, 0.25) is 0 Å². The third kappa shape index (κ3) is 15.7. The highest BCUT2D eigenvalue weighted by Gasteiger charge is 2.03. The lowest BCUT2D eigenvalue weighted by atomic mass is 10.4. The molecule has 0 aliphatic carbocycles. The Balaban J connectivity index is -0.000000245. The summed E-state index contributed by atoms with van der Waals surface area (Å²) < 4.78 is 1.02. The largest absolute Gasteiger partial charge is 0.412 e. The van der Waals surface area contributed by atoms with E-state index in [2.05, 4.69) is 21.1 Å². The maximum absolute atomic E-state index is 5.33. The van der Waals surface area contributed by atoms with Crippen molar-refractivity contribution in [3.8, 4) is 0 Å². The second kappa shape index (κ2) is 7.28. The van der Waals surface area contributed by atoms with Crippen LogP contribution in [0.15, 0.2) is 0 Å². The lowest BCUT2D eigenvalue weighted by molar-refractivity contribution is -0.870. The van der Waals surface area contributed by atoms with Crippen molar-refractivity contribution in [2.45, 2.75) is 6.42 Å². The second-order valence-corrected chi connectivity index (χ2v) is 3.16. The normalized spacial score (nSPS) is 9.60. The summed E-state index contributed by atoms with van der Waals surface area (Å²) in [6.07, 6.45) is 1.13. The molecule has 0 unspecified atom stereocenters. The van der Waals surface area contributed by atoms with Crippen LogP contribution in [0.1, 0.15) is 6.42 Å². The molecule has 0 saturated carbocycles. The van der Waals surface area contributed by atoms with Gasteiger partial charge in [0.2, 0.25) is 0 Å². The Kier molecular flexibility index (Phi) is 12.1. The summed E-state index contributed by atoms with van der Waals surface area (Å²) in [4.78, 5) is 0. The fourth-order valence-electron chi connectivity index (χ4n) is 0.566. The average Bonchev–Trinajstić information content (AvgIpc) is 1.59. The topological polar surface area (TPSA) is 57.5 Å². The number of halogens is 1. The lowest BCUT2D eigenvalue weighted by Gasteiger charge is -2.23. The Hall–Kier alpha value is 0.170. The highest BCUT2D eigenvalue weighted by molar-refractivity contribution is 5.85. The summed E-state index contributed by atoms with van der Waals surface area (Å²) in [5.74, 6) is 0. The van der Waals surface area contributed by atoms with Crippen LogP contribution in [-0.4, -0.2) is 44.2 Å². The van der Waals surface area contributed by atoms with Crippen molar-refractivity contribution in [3.05, 3.63) is 0 Å². The van der Waals surface area contributed by atoms with Gasteiger partial charge in [0.25, 0.3) is 0 Å². The molecule has 66 valence electrons. The summed E-state index contributed by atoms with van der Waals surface area (Å²) >= 11 is 0. The van der Waals surface area contributed by atoms with Crippen molar-refractivity contribution in [3.63, 3.8) is 0 Å². The van der Waals surface area contributed by atoms with Gasteiger partial charge in [0.05, 0.1) is 27.7 Å². The Morgan fingerprint density at radius 1 is 1.20 bits per heavy atom. The molecule has 0 aliphatic heterocycles. The zero-order chi connectivity index (χ0) is 6.62. The van der Waals surface area contributed by atoms with Gasteiger partial charge in [-0.05, 0) is 6.54 Å². The van der Waals surface area contributed by atoms with Gasteiger partial charge in [0, 0.05) is 6.42 Å². The van der Waals surface area contributed by atoms with Gasteiger partial charge in [-0.25, -0.2) is 0 Å². The quantitative estimate of drug-likeness (QED) is 0.580. The molecule has 0 atom stereocenters. The Bertz CT molecular complexity index is 63.3. The minimum atomic E-state index is 0. The maximum Gasteiger partial charge on any atom is 0.0792 e. The van der Waals surface area contributed by atoms with Crippen LogP contribution in [0.5, 0.6) is 0 Å². The van der Waals surface area contributed by atoms with Gasteiger partial charge in [-0.15, -0.1) is 12.4 Å². The first kappa shape index (κ1) is 16.6.